The number of halogens is 1. The fourth-order valence-electron chi connectivity index (χ4n) is 0.785. The van der Waals surface area contributed by atoms with E-state index in [2.05, 4.69) is 11.2 Å². The number of hydrogen-bond acceptors (Lipinski definition) is 1. The molecule has 0 atom stereocenters. The van der Waals surface area contributed by atoms with Crippen LogP contribution in [0, 0.1) is 12.1 Å². The van der Waals surface area contributed by atoms with Gasteiger partial charge in [0.2, 0.25) is 5.95 Å². The standard InChI is InChI=1S/C8H9FN/c1-6(2)7-4-3-5-10-8(7)9/h3-4,6H,1-2H3. The molecule has 0 N–H and O–H groups in total. The van der Waals surface area contributed by atoms with Crippen molar-refractivity contribution in [2.75, 3.05) is 0 Å². The fourth-order valence-corrected chi connectivity index (χ4v) is 0.785. The molecule has 0 aliphatic carbocycles. The van der Waals surface area contributed by atoms with Gasteiger partial charge in [0, 0.05) is 5.56 Å². The van der Waals surface area contributed by atoms with Crippen molar-refractivity contribution in [1.29, 1.82) is 0 Å². The highest BCUT2D eigenvalue weighted by Gasteiger charge is 2.04. The highest BCUT2D eigenvalue weighted by molar-refractivity contribution is 5.13. The van der Waals surface area contributed by atoms with Crippen LogP contribution in [0.3, 0.4) is 0 Å². The lowest BCUT2D eigenvalue weighted by Crippen LogP contribution is -1.94. The zero-order valence-electron chi connectivity index (χ0n) is 6.06. The Morgan fingerprint density at radius 2 is 2.30 bits per heavy atom. The van der Waals surface area contributed by atoms with Crippen LogP contribution in [0.4, 0.5) is 4.39 Å². The molecule has 0 bridgehead atoms. The Hall–Kier alpha value is -0.920. The Morgan fingerprint density at radius 3 is 2.70 bits per heavy atom. The van der Waals surface area contributed by atoms with Crippen LogP contribution in [0.25, 0.3) is 0 Å². The Bertz CT molecular complexity index is 220. The summed E-state index contributed by atoms with van der Waals surface area (Å²) in [4.78, 5) is 3.41. The summed E-state index contributed by atoms with van der Waals surface area (Å²) < 4.78 is 12.7. The number of hydrogen-bond donors (Lipinski definition) is 0. The highest BCUT2D eigenvalue weighted by Crippen LogP contribution is 2.14. The first-order valence-electron chi connectivity index (χ1n) is 3.24. The Balaban J connectivity index is 3.03. The fraction of sp³-hybridized carbons (Fsp3) is 0.375. The Kier molecular flexibility index (Phi) is 2.00. The van der Waals surface area contributed by atoms with Gasteiger partial charge in [0.05, 0.1) is 6.20 Å². The minimum absolute atomic E-state index is 0.196. The minimum Gasteiger partial charge on any atom is -0.218 e. The normalized spacial score (nSPS) is 10.4. The number of nitrogens with zero attached hydrogens (tertiary/aromatic N) is 1. The quantitative estimate of drug-likeness (QED) is 0.542. The molecule has 0 saturated heterocycles. The molecule has 1 aromatic heterocycles. The summed E-state index contributed by atoms with van der Waals surface area (Å²) in [7, 11) is 0. The van der Waals surface area contributed by atoms with Crippen molar-refractivity contribution in [3.63, 3.8) is 0 Å². The topological polar surface area (TPSA) is 12.9 Å². The zero-order valence-corrected chi connectivity index (χ0v) is 6.06. The summed E-state index contributed by atoms with van der Waals surface area (Å²) in [6, 6.07) is 3.32. The van der Waals surface area contributed by atoms with E-state index in [4.69, 9.17) is 0 Å². The minimum atomic E-state index is -0.405. The molecule has 1 rings (SSSR count). The van der Waals surface area contributed by atoms with Crippen LogP contribution < -0.4 is 0 Å². The number of aromatic nitrogens is 1. The van der Waals surface area contributed by atoms with Crippen molar-refractivity contribution in [2.45, 2.75) is 19.8 Å². The Morgan fingerprint density at radius 1 is 1.60 bits per heavy atom. The predicted octanol–water partition coefficient (Wildman–Crippen LogP) is 2.14. The largest absolute Gasteiger partial charge is 0.218 e. The summed E-state index contributed by atoms with van der Waals surface area (Å²) in [5, 5.41) is 0. The van der Waals surface area contributed by atoms with Gasteiger partial charge < -0.3 is 0 Å². The van der Waals surface area contributed by atoms with Gasteiger partial charge in [-0.05, 0) is 12.0 Å². The lowest BCUT2D eigenvalue weighted by molar-refractivity contribution is 0.556. The van der Waals surface area contributed by atoms with Gasteiger partial charge in [0.15, 0.2) is 0 Å². The van der Waals surface area contributed by atoms with Crippen molar-refractivity contribution in [3.05, 3.63) is 29.8 Å². The molecule has 1 radical (unpaired) electrons. The molecule has 0 amide bonds. The second-order valence-electron chi connectivity index (χ2n) is 2.48. The zero-order chi connectivity index (χ0) is 7.56. The molecule has 2 heteroatoms. The second-order valence-corrected chi connectivity index (χ2v) is 2.48. The average Bonchev–Trinajstić information content (AvgIpc) is 1.88. The second kappa shape index (κ2) is 2.78. The molecule has 1 heterocycles. The van der Waals surface area contributed by atoms with Crippen LogP contribution in [0.1, 0.15) is 25.3 Å². The van der Waals surface area contributed by atoms with Crippen molar-refractivity contribution >= 4 is 0 Å². The van der Waals surface area contributed by atoms with Crippen LogP contribution in [-0.4, -0.2) is 4.98 Å². The van der Waals surface area contributed by atoms with E-state index in [1.165, 1.54) is 0 Å². The number of pyridine rings is 1. The third-order valence-corrected chi connectivity index (χ3v) is 1.36. The molecule has 0 aliphatic rings. The van der Waals surface area contributed by atoms with Gasteiger partial charge in [-0.15, -0.1) is 0 Å². The van der Waals surface area contributed by atoms with Crippen LogP contribution in [0.15, 0.2) is 12.1 Å². The SMILES string of the molecule is CC(C)c1cc[c]nc1F. The molecule has 10 heavy (non-hydrogen) atoms. The van der Waals surface area contributed by atoms with Gasteiger partial charge in [0.25, 0.3) is 0 Å². The van der Waals surface area contributed by atoms with Crippen molar-refractivity contribution in [1.82, 2.24) is 4.98 Å². The predicted molar refractivity (Wildman–Crippen MR) is 37.1 cm³/mol. The van der Waals surface area contributed by atoms with Crippen molar-refractivity contribution in [3.8, 4) is 0 Å². The van der Waals surface area contributed by atoms with Crippen LogP contribution >= 0.6 is 0 Å². The molecule has 1 aromatic rings. The molecule has 0 aliphatic heterocycles. The monoisotopic (exact) mass is 138 g/mol. The summed E-state index contributed by atoms with van der Waals surface area (Å²) >= 11 is 0. The van der Waals surface area contributed by atoms with Gasteiger partial charge in [-0.3, -0.25) is 0 Å². The van der Waals surface area contributed by atoms with Gasteiger partial charge in [-0.25, -0.2) is 4.98 Å². The molecule has 0 unspecified atom stereocenters. The van der Waals surface area contributed by atoms with E-state index in [-0.39, 0.29) is 5.92 Å². The molecule has 0 saturated carbocycles. The first kappa shape index (κ1) is 7.19. The van der Waals surface area contributed by atoms with Gasteiger partial charge in [-0.1, -0.05) is 19.9 Å². The molecule has 53 valence electrons. The maximum atomic E-state index is 12.7. The molecule has 0 fully saturated rings. The van der Waals surface area contributed by atoms with Gasteiger partial charge in [0.1, 0.15) is 0 Å². The van der Waals surface area contributed by atoms with Crippen LogP contribution in [-0.2, 0) is 0 Å². The lowest BCUT2D eigenvalue weighted by atomic mass is 10.1. The van der Waals surface area contributed by atoms with E-state index < -0.39 is 5.95 Å². The molecular formula is C8H9FN. The summed E-state index contributed by atoms with van der Waals surface area (Å²) in [5.74, 6) is -0.209. The maximum Gasteiger partial charge on any atom is 0.216 e. The third-order valence-electron chi connectivity index (χ3n) is 1.36. The van der Waals surface area contributed by atoms with Crippen LogP contribution in [0.2, 0.25) is 0 Å². The maximum absolute atomic E-state index is 12.7. The van der Waals surface area contributed by atoms with Crippen LogP contribution in [0.5, 0.6) is 0 Å². The van der Waals surface area contributed by atoms with E-state index in [9.17, 15) is 4.39 Å². The van der Waals surface area contributed by atoms with E-state index in [0.717, 1.165) is 0 Å². The van der Waals surface area contributed by atoms with Gasteiger partial charge >= 0.3 is 0 Å². The smallest absolute Gasteiger partial charge is 0.216 e. The van der Waals surface area contributed by atoms with E-state index >= 15 is 0 Å². The van der Waals surface area contributed by atoms with E-state index in [1.54, 1.807) is 12.1 Å². The molecule has 0 aromatic carbocycles. The lowest BCUT2D eigenvalue weighted by Gasteiger charge is -2.03. The Labute approximate surface area is 59.9 Å². The van der Waals surface area contributed by atoms with Crippen molar-refractivity contribution < 1.29 is 4.39 Å². The summed E-state index contributed by atoms with van der Waals surface area (Å²) in [6.07, 6.45) is 2.43. The first-order valence-corrected chi connectivity index (χ1v) is 3.24. The number of rotatable bonds is 1. The van der Waals surface area contributed by atoms with Crippen molar-refractivity contribution in [2.24, 2.45) is 0 Å². The van der Waals surface area contributed by atoms with E-state index in [1.807, 2.05) is 13.8 Å². The summed E-state index contributed by atoms with van der Waals surface area (Å²) in [5.41, 5.74) is 0.652. The summed E-state index contributed by atoms with van der Waals surface area (Å²) in [6.45, 7) is 3.86. The van der Waals surface area contributed by atoms with Gasteiger partial charge in [-0.2, -0.15) is 4.39 Å². The molecule has 0 spiro atoms. The molecular weight excluding hydrogens is 129 g/mol. The highest BCUT2D eigenvalue weighted by atomic mass is 19.1. The third kappa shape index (κ3) is 1.32. The van der Waals surface area contributed by atoms with E-state index in [0.29, 0.717) is 5.56 Å². The average molecular weight is 138 g/mol. The molecule has 1 nitrogen and oxygen atoms in total. The first-order chi connectivity index (χ1) is 4.72.